The smallest absolute Gasteiger partial charge is 0.00135 e. The molecule has 0 amide bonds. The number of fused-ring (bicyclic) bond motifs is 10. The summed E-state index contributed by atoms with van der Waals surface area (Å²) in [5, 5.41) is 0. The first-order valence-corrected chi connectivity index (χ1v) is 17.0. The Morgan fingerprint density at radius 3 is 0.792 bits per heavy atom. The van der Waals surface area contributed by atoms with Crippen molar-refractivity contribution < 1.29 is 0 Å². The van der Waals surface area contributed by atoms with E-state index in [9.17, 15) is 0 Å². The fourth-order valence-electron chi connectivity index (χ4n) is 7.43. The summed E-state index contributed by atoms with van der Waals surface area (Å²) in [7, 11) is 0. The molecule has 48 heavy (non-hydrogen) atoms. The van der Waals surface area contributed by atoms with Crippen molar-refractivity contribution in [2.24, 2.45) is 0 Å². The predicted octanol–water partition coefficient (Wildman–Crippen LogP) is 12.0. The van der Waals surface area contributed by atoms with Crippen LogP contribution in [0, 0.1) is 0 Å². The number of hydrogen-bond donors (Lipinski definition) is 0. The summed E-state index contributed by atoms with van der Waals surface area (Å²) < 4.78 is 0. The third-order valence-corrected chi connectivity index (χ3v) is 9.81. The SMILES string of the molecule is C1=Cc2ccccc2C1.c1ccc2c(c1)Cc1ccccc1-2.c1ccc2c(c1)Cc1ccccc1-2.c1ccc2c(c1)Cc1ccccc1-2. The molecule has 0 aliphatic heterocycles. The van der Waals surface area contributed by atoms with Gasteiger partial charge in [0.1, 0.15) is 0 Å². The number of allylic oxidation sites excluding steroid dienone is 1. The molecule has 11 rings (SSSR count). The van der Waals surface area contributed by atoms with Gasteiger partial charge in [-0.25, -0.2) is 0 Å². The molecule has 0 aromatic heterocycles. The van der Waals surface area contributed by atoms with Crippen LogP contribution < -0.4 is 0 Å². The summed E-state index contributed by atoms with van der Waals surface area (Å²) in [5.41, 5.74) is 20.1. The van der Waals surface area contributed by atoms with Crippen LogP contribution in [0.1, 0.15) is 44.5 Å². The van der Waals surface area contributed by atoms with Gasteiger partial charge in [0.2, 0.25) is 0 Å². The normalized spacial score (nSPS) is 12.6. The van der Waals surface area contributed by atoms with Gasteiger partial charge in [-0.05, 0) is 104 Å². The molecule has 0 atom stereocenters. The lowest BCUT2D eigenvalue weighted by molar-refractivity contribution is 1.26. The molecule has 7 aromatic carbocycles. The van der Waals surface area contributed by atoms with Gasteiger partial charge in [0, 0.05) is 0 Å². The lowest BCUT2D eigenvalue weighted by Crippen LogP contribution is -1.77. The summed E-state index contributed by atoms with van der Waals surface area (Å²) >= 11 is 0. The van der Waals surface area contributed by atoms with Crippen molar-refractivity contribution in [3.8, 4) is 33.4 Å². The zero-order valence-electron chi connectivity index (χ0n) is 27.1. The van der Waals surface area contributed by atoms with E-state index in [2.05, 4.69) is 182 Å². The first-order chi connectivity index (χ1) is 23.8. The molecule has 0 bridgehead atoms. The first-order valence-electron chi connectivity index (χ1n) is 17.0. The predicted molar refractivity (Wildman–Crippen MR) is 203 cm³/mol. The molecule has 0 saturated heterocycles. The van der Waals surface area contributed by atoms with E-state index < -0.39 is 0 Å². The van der Waals surface area contributed by atoms with Crippen molar-refractivity contribution in [1.29, 1.82) is 0 Å². The van der Waals surface area contributed by atoms with Crippen LogP contribution in [0.25, 0.3) is 39.5 Å². The van der Waals surface area contributed by atoms with Gasteiger partial charge in [-0.2, -0.15) is 0 Å². The van der Waals surface area contributed by atoms with E-state index in [1.165, 1.54) is 77.9 Å². The lowest BCUT2D eigenvalue weighted by atomic mass is 10.1. The third-order valence-electron chi connectivity index (χ3n) is 9.81. The van der Waals surface area contributed by atoms with Gasteiger partial charge in [-0.1, -0.05) is 182 Å². The van der Waals surface area contributed by atoms with E-state index in [0.717, 1.165) is 25.7 Å². The van der Waals surface area contributed by atoms with Gasteiger partial charge in [-0.15, -0.1) is 0 Å². The average Bonchev–Trinajstić information content (AvgIpc) is 3.95. The van der Waals surface area contributed by atoms with Crippen LogP contribution in [0.5, 0.6) is 0 Å². The minimum absolute atomic E-state index is 1.10. The highest BCUT2D eigenvalue weighted by molar-refractivity contribution is 5.78. The Morgan fingerprint density at radius 2 is 0.500 bits per heavy atom. The Labute approximate surface area is 284 Å². The second-order valence-electron chi connectivity index (χ2n) is 12.8. The Hall–Kier alpha value is -5.72. The van der Waals surface area contributed by atoms with Crippen molar-refractivity contribution in [2.75, 3.05) is 0 Å². The Bertz CT molecular complexity index is 1910. The molecule has 0 N–H and O–H groups in total. The molecule has 0 saturated carbocycles. The van der Waals surface area contributed by atoms with Crippen LogP contribution in [0.2, 0.25) is 0 Å². The van der Waals surface area contributed by atoms with Crippen molar-refractivity contribution in [3.63, 3.8) is 0 Å². The highest BCUT2D eigenvalue weighted by atomic mass is 14.2. The summed E-state index contributed by atoms with van der Waals surface area (Å²) in [5.74, 6) is 0. The lowest BCUT2D eigenvalue weighted by Gasteiger charge is -1.98. The van der Waals surface area contributed by atoms with Gasteiger partial charge >= 0.3 is 0 Å². The van der Waals surface area contributed by atoms with Gasteiger partial charge < -0.3 is 0 Å². The molecule has 0 spiro atoms. The van der Waals surface area contributed by atoms with Crippen LogP contribution in [-0.2, 0) is 25.7 Å². The van der Waals surface area contributed by atoms with Crippen molar-refractivity contribution >= 4 is 6.08 Å². The molecule has 0 radical (unpaired) electrons. The molecule has 0 fully saturated rings. The zero-order chi connectivity index (χ0) is 32.1. The molecule has 0 heterocycles. The third kappa shape index (κ3) is 6.06. The molecule has 0 heteroatoms. The number of hydrogen-bond acceptors (Lipinski definition) is 0. The molecular formula is C48H38. The van der Waals surface area contributed by atoms with Gasteiger partial charge in [0.15, 0.2) is 0 Å². The Kier molecular flexibility index (Phi) is 8.38. The monoisotopic (exact) mass is 614 g/mol. The number of benzene rings is 7. The quantitative estimate of drug-likeness (QED) is 0.159. The Balaban J connectivity index is 0.0000000942. The maximum absolute atomic E-state index is 2.22. The van der Waals surface area contributed by atoms with Gasteiger partial charge in [0.05, 0.1) is 0 Å². The van der Waals surface area contributed by atoms with Gasteiger partial charge in [-0.3, -0.25) is 0 Å². The highest BCUT2D eigenvalue weighted by Crippen LogP contribution is 2.37. The highest BCUT2D eigenvalue weighted by Gasteiger charge is 2.17. The van der Waals surface area contributed by atoms with Crippen molar-refractivity contribution in [3.05, 3.63) is 220 Å². The fraction of sp³-hybridized carbons (Fsp3) is 0.0833. The molecule has 0 nitrogen and oxygen atoms in total. The molecular weight excluding hydrogens is 577 g/mol. The number of rotatable bonds is 0. The van der Waals surface area contributed by atoms with E-state index in [1.54, 1.807) is 0 Å². The average molecular weight is 615 g/mol. The maximum atomic E-state index is 2.22. The van der Waals surface area contributed by atoms with Gasteiger partial charge in [0.25, 0.3) is 0 Å². The zero-order valence-corrected chi connectivity index (χ0v) is 27.1. The summed E-state index contributed by atoms with van der Waals surface area (Å²) in [6, 6.07) is 60.4. The van der Waals surface area contributed by atoms with E-state index >= 15 is 0 Å². The minimum atomic E-state index is 1.10. The summed E-state index contributed by atoms with van der Waals surface area (Å²) in [4.78, 5) is 0. The molecule has 7 aromatic rings. The molecule has 0 unspecified atom stereocenters. The summed E-state index contributed by atoms with van der Waals surface area (Å²) in [6.45, 7) is 0. The largest absolute Gasteiger partial charge is 0.0795 e. The second-order valence-corrected chi connectivity index (χ2v) is 12.8. The molecule has 230 valence electrons. The van der Waals surface area contributed by atoms with Crippen molar-refractivity contribution in [1.82, 2.24) is 0 Å². The van der Waals surface area contributed by atoms with Crippen LogP contribution >= 0.6 is 0 Å². The Morgan fingerprint density at radius 1 is 0.250 bits per heavy atom. The standard InChI is InChI=1S/3C13H10.C9H8/c3*1-3-7-12-10(5-1)9-11-6-2-4-8-13(11)12;1-2-5-9-7-3-6-8(9)4-1/h3*1-8H,9H2;1-6H,7H2. The summed E-state index contributed by atoms with van der Waals surface area (Å²) in [6.07, 6.45) is 8.81. The minimum Gasteiger partial charge on any atom is -0.0795 e. The van der Waals surface area contributed by atoms with Crippen LogP contribution in [-0.4, -0.2) is 0 Å². The topological polar surface area (TPSA) is 0 Å². The van der Waals surface area contributed by atoms with Crippen molar-refractivity contribution in [2.45, 2.75) is 25.7 Å². The molecule has 4 aliphatic rings. The fourth-order valence-corrected chi connectivity index (χ4v) is 7.43. The van der Waals surface area contributed by atoms with E-state index in [4.69, 9.17) is 0 Å². The first kappa shape index (κ1) is 29.7. The van der Waals surface area contributed by atoms with E-state index in [1.807, 2.05) is 0 Å². The van der Waals surface area contributed by atoms with Crippen LogP contribution in [0.4, 0.5) is 0 Å². The van der Waals surface area contributed by atoms with Crippen LogP contribution in [0.3, 0.4) is 0 Å². The van der Waals surface area contributed by atoms with E-state index in [-0.39, 0.29) is 0 Å². The van der Waals surface area contributed by atoms with Crippen LogP contribution in [0.15, 0.2) is 176 Å². The second kappa shape index (κ2) is 13.6. The van der Waals surface area contributed by atoms with E-state index in [0.29, 0.717) is 0 Å². The maximum Gasteiger partial charge on any atom is -0.00135 e. The molecule has 4 aliphatic carbocycles.